The van der Waals surface area contributed by atoms with E-state index in [4.69, 9.17) is 5.11 Å². The number of aryl methyl sites for hydroxylation is 1. The van der Waals surface area contributed by atoms with Gasteiger partial charge in [0.25, 0.3) is 0 Å². The summed E-state index contributed by atoms with van der Waals surface area (Å²) in [7, 11) is -3.81. The molecule has 0 radical (unpaired) electrons. The molecular formula is C13H19NO4S. The van der Waals surface area contributed by atoms with Crippen molar-refractivity contribution in [3.8, 4) is 0 Å². The molecular weight excluding hydrogens is 266 g/mol. The molecule has 2 atom stereocenters. The van der Waals surface area contributed by atoms with Crippen LogP contribution in [0.1, 0.15) is 25.8 Å². The van der Waals surface area contributed by atoms with Crippen molar-refractivity contribution in [2.45, 2.75) is 38.1 Å². The van der Waals surface area contributed by atoms with Crippen LogP contribution in [0.25, 0.3) is 0 Å². The Labute approximate surface area is 113 Å². The van der Waals surface area contributed by atoms with Crippen molar-refractivity contribution in [1.82, 2.24) is 4.72 Å². The number of benzene rings is 1. The zero-order valence-electron chi connectivity index (χ0n) is 11.3. The standard InChI is InChI=1S/C13H19NO4S/c1-4-10(3)12(13(15)16)14-19(17,18)11-7-5-9(2)6-8-11/h5-8,10,12,14H,4H2,1-3H3,(H,15,16)/t10-,12+/m0/s1. The summed E-state index contributed by atoms with van der Waals surface area (Å²) in [5.74, 6) is -1.44. The lowest BCUT2D eigenvalue weighted by molar-refractivity contribution is -0.140. The third-order valence-corrected chi connectivity index (χ3v) is 4.55. The maximum absolute atomic E-state index is 12.1. The van der Waals surface area contributed by atoms with Crippen LogP contribution >= 0.6 is 0 Å². The Morgan fingerprint density at radius 2 is 1.84 bits per heavy atom. The molecule has 0 spiro atoms. The van der Waals surface area contributed by atoms with E-state index < -0.39 is 22.0 Å². The van der Waals surface area contributed by atoms with Gasteiger partial charge in [-0.1, -0.05) is 38.0 Å². The molecule has 1 rings (SSSR count). The number of rotatable bonds is 6. The summed E-state index contributed by atoms with van der Waals surface area (Å²) in [5.41, 5.74) is 0.940. The zero-order chi connectivity index (χ0) is 14.6. The van der Waals surface area contributed by atoms with Crippen molar-refractivity contribution >= 4 is 16.0 Å². The fourth-order valence-electron chi connectivity index (χ4n) is 1.60. The van der Waals surface area contributed by atoms with Crippen molar-refractivity contribution in [1.29, 1.82) is 0 Å². The van der Waals surface area contributed by atoms with Crippen molar-refractivity contribution in [2.75, 3.05) is 0 Å². The van der Waals surface area contributed by atoms with Crippen LogP contribution in [0.3, 0.4) is 0 Å². The lowest BCUT2D eigenvalue weighted by atomic mass is 10.0. The average molecular weight is 285 g/mol. The average Bonchev–Trinajstić information content (AvgIpc) is 2.35. The molecule has 1 aromatic rings. The van der Waals surface area contributed by atoms with E-state index in [0.29, 0.717) is 6.42 Å². The van der Waals surface area contributed by atoms with Crippen LogP contribution in [0.2, 0.25) is 0 Å². The van der Waals surface area contributed by atoms with E-state index in [1.807, 2.05) is 13.8 Å². The summed E-state index contributed by atoms with van der Waals surface area (Å²) in [4.78, 5) is 11.2. The summed E-state index contributed by atoms with van der Waals surface area (Å²) >= 11 is 0. The van der Waals surface area contributed by atoms with E-state index in [0.717, 1.165) is 5.56 Å². The van der Waals surface area contributed by atoms with Gasteiger partial charge in [-0.05, 0) is 25.0 Å². The number of carbonyl (C=O) groups is 1. The molecule has 0 aliphatic rings. The third kappa shape index (κ3) is 4.04. The number of nitrogens with one attached hydrogen (secondary N) is 1. The number of hydrogen-bond acceptors (Lipinski definition) is 3. The van der Waals surface area contributed by atoms with Gasteiger partial charge in [-0.15, -0.1) is 0 Å². The Kier molecular flexibility index (Phi) is 5.08. The second kappa shape index (κ2) is 6.16. The van der Waals surface area contributed by atoms with Crippen molar-refractivity contribution < 1.29 is 18.3 Å². The van der Waals surface area contributed by atoms with Crippen LogP contribution in [0, 0.1) is 12.8 Å². The highest BCUT2D eigenvalue weighted by atomic mass is 32.2. The molecule has 0 fully saturated rings. The van der Waals surface area contributed by atoms with Crippen LogP contribution in [-0.4, -0.2) is 25.5 Å². The Morgan fingerprint density at radius 1 is 1.32 bits per heavy atom. The molecule has 6 heteroatoms. The normalized spacial score (nSPS) is 14.9. The lowest BCUT2D eigenvalue weighted by Gasteiger charge is -2.20. The van der Waals surface area contributed by atoms with Gasteiger partial charge in [0.1, 0.15) is 6.04 Å². The Balaban J connectivity index is 3.00. The number of hydrogen-bond donors (Lipinski definition) is 2. The van der Waals surface area contributed by atoms with Crippen molar-refractivity contribution in [3.05, 3.63) is 29.8 Å². The van der Waals surface area contributed by atoms with Gasteiger partial charge in [0.15, 0.2) is 0 Å². The minimum absolute atomic E-state index is 0.0765. The fourth-order valence-corrected chi connectivity index (χ4v) is 2.90. The topological polar surface area (TPSA) is 83.5 Å². The van der Waals surface area contributed by atoms with Crippen LogP contribution in [0.15, 0.2) is 29.2 Å². The second-order valence-electron chi connectivity index (χ2n) is 4.64. The third-order valence-electron chi connectivity index (χ3n) is 3.09. The number of carboxylic acids is 1. The second-order valence-corrected chi connectivity index (χ2v) is 6.35. The van der Waals surface area contributed by atoms with E-state index in [1.54, 1.807) is 19.1 Å². The first kappa shape index (κ1) is 15.7. The maximum Gasteiger partial charge on any atom is 0.322 e. The largest absolute Gasteiger partial charge is 0.480 e. The quantitative estimate of drug-likeness (QED) is 0.834. The SMILES string of the molecule is CC[C@H](C)[C@@H](NS(=O)(=O)c1ccc(C)cc1)C(=O)O. The summed E-state index contributed by atoms with van der Waals surface area (Å²) < 4.78 is 26.5. The number of aliphatic carboxylic acids is 1. The molecule has 2 N–H and O–H groups in total. The highest BCUT2D eigenvalue weighted by Crippen LogP contribution is 2.14. The molecule has 0 aromatic heterocycles. The van der Waals surface area contributed by atoms with E-state index >= 15 is 0 Å². The Bertz CT molecular complexity index is 536. The minimum atomic E-state index is -3.81. The van der Waals surface area contributed by atoms with Gasteiger partial charge in [0.2, 0.25) is 10.0 Å². The molecule has 0 unspecified atom stereocenters. The summed E-state index contributed by atoms with van der Waals surface area (Å²) in [6.45, 7) is 5.38. The van der Waals surface area contributed by atoms with Crippen molar-refractivity contribution in [3.63, 3.8) is 0 Å². The van der Waals surface area contributed by atoms with Crippen molar-refractivity contribution in [2.24, 2.45) is 5.92 Å². The van der Waals surface area contributed by atoms with E-state index in [-0.39, 0.29) is 10.8 Å². The monoisotopic (exact) mass is 285 g/mol. The smallest absolute Gasteiger partial charge is 0.322 e. The zero-order valence-corrected chi connectivity index (χ0v) is 12.1. The summed E-state index contributed by atoms with van der Waals surface area (Å²) in [5, 5.41) is 9.10. The Morgan fingerprint density at radius 3 is 2.26 bits per heavy atom. The number of sulfonamides is 1. The highest BCUT2D eigenvalue weighted by Gasteiger charge is 2.29. The first-order chi connectivity index (χ1) is 8.77. The van der Waals surface area contributed by atoms with Gasteiger partial charge in [-0.25, -0.2) is 8.42 Å². The molecule has 1 aromatic carbocycles. The molecule has 0 bridgehead atoms. The predicted molar refractivity (Wildman–Crippen MR) is 72.4 cm³/mol. The predicted octanol–water partition coefficient (Wildman–Crippen LogP) is 1.77. The van der Waals surface area contributed by atoms with E-state index in [2.05, 4.69) is 4.72 Å². The molecule has 0 saturated heterocycles. The molecule has 106 valence electrons. The van der Waals surface area contributed by atoms with Gasteiger partial charge in [0, 0.05) is 0 Å². The molecule has 0 aliphatic heterocycles. The van der Waals surface area contributed by atoms with Crippen LogP contribution in [-0.2, 0) is 14.8 Å². The van der Waals surface area contributed by atoms with Gasteiger partial charge in [0.05, 0.1) is 4.90 Å². The first-order valence-electron chi connectivity index (χ1n) is 6.09. The number of carboxylic acid groups (broad SMARTS) is 1. The summed E-state index contributed by atoms with van der Waals surface area (Å²) in [6.07, 6.45) is 0.577. The first-order valence-corrected chi connectivity index (χ1v) is 7.58. The van der Waals surface area contributed by atoms with E-state index in [9.17, 15) is 13.2 Å². The highest BCUT2D eigenvalue weighted by molar-refractivity contribution is 7.89. The molecule has 0 amide bonds. The van der Waals surface area contributed by atoms with Gasteiger partial charge in [-0.2, -0.15) is 4.72 Å². The lowest BCUT2D eigenvalue weighted by Crippen LogP contribution is -2.44. The van der Waals surface area contributed by atoms with Crippen LogP contribution in [0.4, 0.5) is 0 Å². The maximum atomic E-state index is 12.1. The molecule has 0 saturated carbocycles. The van der Waals surface area contributed by atoms with E-state index in [1.165, 1.54) is 12.1 Å². The minimum Gasteiger partial charge on any atom is -0.480 e. The summed E-state index contributed by atoms with van der Waals surface area (Å²) in [6, 6.07) is 5.16. The molecule has 5 nitrogen and oxygen atoms in total. The fraction of sp³-hybridized carbons (Fsp3) is 0.462. The molecule has 0 heterocycles. The van der Waals surface area contributed by atoms with Crippen LogP contribution < -0.4 is 4.72 Å². The molecule has 0 aliphatic carbocycles. The van der Waals surface area contributed by atoms with Gasteiger partial charge in [-0.3, -0.25) is 4.79 Å². The Hall–Kier alpha value is -1.40. The van der Waals surface area contributed by atoms with Gasteiger partial charge >= 0.3 is 5.97 Å². The van der Waals surface area contributed by atoms with Gasteiger partial charge < -0.3 is 5.11 Å². The molecule has 19 heavy (non-hydrogen) atoms. The van der Waals surface area contributed by atoms with Crippen LogP contribution in [0.5, 0.6) is 0 Å².